The first-order valence-corrected chi connectivity index (χ1v) is 8.52. The van der Waals surface area contributed by atoms with E-state index in [0.717, 1.165) is 17.7 Å². The van der Waals surface area contributed by atoms with Crippen LogP contribution in [0.3, 0.4) is 0 Å². The topological polar surface area (TPSA) is 58.8 Å². The van der Waals surface area contributed by atoms with Gasteiger partial charge in [-0.05, 0) is 24.6 Å². The molecule has 4 nitrogen and oxygen atoms in total. The Kier molecular flexibility index (Phi) is 20.5. The smallest absolute Gasteiger partial charge is 0.358 e. The number of nitrogens with zero attached hydrogens (tertiary/aromatic N) is 3. The van der Waals surface area contributed by atoms with Gasteiger partial charge in [0.1, 0.15) is 41.6 Å². The van der Waals surface area contributed by atoms with Crippen molar-refractivity contribution in [2.24, 2.45) is 0 Å². The summed E-state index contributed by atoms with van der Waals surface area (Å²) < 4.78 is 75.6. The Balaban J connectivity index is -0.000000507. The Hall–Kier alpha value is -1.51. The Morgan fingerprint density at radius 3 is 1.74 bits per heavy atom. The van der Waals surface area contributed by atoms with Crippen molar-refractivity contribution < 1.29 is 93.6 Å². The predicted molar refractivity (Wildman–Crippen MR) is 107 cm³/mol. The van der Waals surface area contributed by atoms with E-state index in [1.807, 2.05) is 0 Å². The summed E-state index contributed by atoms with van der Waals surface area (Å²) in [6.45, 7) is 5.63. The predicted octanol–water partition coefficient (Wildman–Crippen LogP) is 6.59. The van der Waals surface area contributed by atoms with Crippen molar-refractivity contribution >= 4 is 0 Å². The fourth-order valence-electron chi connectivity index (χ4n) is 2.10. The monoisotopic (exact) mass is 931 g/mol. The molecule has 178 valence electrons. The molecule has 0 aliphatic heterocycles. The van der Waals surface area contributed by atoms with Gasteiger partial charge in [0.25, 0.3) is 0 Å². The Labute approximate surface area is 241 Å². The first-order chi connectivity index (χ1) is 14.8. The molecule has 0 saturated carbocycles. The molecule has 0 N–H and O–H groups in total. The number of nitriles is 1. The molecule has 0 unspecified atom stereocenters. The molecule has 0 aliphatic carbocycles. The van der Waals surface area contributed by atoms with E-state index in [-0.39, 0.29) is 81.0 Å². The van der Waals surface area contributed by atoms with Gasteiger partial charge in [0.15, 0.2) is 11.6 Å². The number of rotatable bonds is 3. The summed E-state index contributed by atoms with van der Waals surface area (Å²) >= 11 is 0. The minimum absolute atomic E-state index is 0. The van der Waals surface area contributed by atoms with Gasteiger partial charge >= 0.3 is 31.1 Å². The van der Waals surface area contributed by atoms with Crippen LogP contribution in [0.25, 0.3) is 11.4 Å². The molecule has 2 aromatic carbocycles. The van der Waals surface area contributed by atoms with Gasteiger partial charge < -0.3 is 14.4 Å². The van der Waals surface area contributed by atoms with Crippen LogP contribution in [0.2, 0.25) is 0 Å². The van der Waals surface area contributed by atoms with Gasteiger partial charge in [-0.15, -0.1) is 0 Å². The average molecular weight is 931 g/mol. The van der Waals surface area contributed by atoms with Crippen LogP contribution in [0.1, 0.15) is 23.6 Å². The van der Waals surface area contributed by atoms with E-state index < -0.39 is 46.8 Å². The largest absolute Gasteiger partial charge is 2.00 e. The molecule has 0 radical (unpaired) electrons. The standard InChI is InChI=1S/C12H9F3N2.C7H2F3NO.C2H5.CH3.2U/c1-7-5-16-12(17-6-7)8-2-10(14)9(4-13)11(15)3-8;8-6-1-4(12-10)2-7(9)5(6)3-11;1-2;;;/h2-3,5-6H,4H2,1H3;1-2H;1H2,2H3;1H3;;/q;;2*-1;;+2. The van der Waals surface area contributed by atoms with Gasteiger partial charge in [-0.3, -0.25) is 4.94 Å². The summed E-state index contributed by atoms with van der Waals surface area (Å²) in [6, 6.07) is 4.52. The number of halogens is 6. The van der Waals surface area contributed by atoms with Crippen molar-refractivity contribution in [2.75, 3.05) is 0 Å². The van der Waals surface area contributed by atoms with Crippen molar-refractivity contribution in [1.29, 1.82) is 5.26 Å². The van der Waals surface area contributed by atoms with Gasteiger partial charge in [0.2, 0.25) is 0 Å². The SMILES string of the molecule is Cc1cnc(-c2cc(F)c(CF)c(F)c2)nc1.N#Cc1c(F)cc(OF)cc1F.[CH2-]C.[CH3-].[U+2].[U]. The van der Waals surface area contributed by atoms with Gasteiger partial charge in [-0.25, -0.2) is 31.9 Å². The van der Waals surface area contributed by atoms with E-state index >= 15 is 0 Å². The summed E-state index contributed by atoms with van der Waals surface area (Å²) in [7, 11) is 0. The summed E-state index contributed by atoms with van der Waals surface area (Å²) in [5.74, 6) is -4.54. The summed E-state index contributed by atoms with van der Waals surface area (Å²) in [5, 5.41) is 8.20. The van der Waals surface area contributed by atoms with Crippen LogP contribution in [0.15, 0.2) is 36.7 Å². The minimum atomic E-state index is -1.17. The van der Waals surface area contributed by atoms with Gasteiger partial charge in [-0.2, -0.15) is 12.2 Å². The number of aromatic nitrogens is 2. The van der Waals surface area contributed by atoms with Crippen LogP contribution >= 0.6 is 0 Å². The molecule has 3 rings (SSSR count). The van der Waals surface area contributed by atoms with Gasteiger partial charge in [-0.1, -0.05) is 0 Å². The van der Waals surface area contributed by atoms with Crippen LogP contribution in [-0.2, 0) is 6.67 Å². The second-order valence-electron chi connectivity index (χ2n) is 5.59. The zero-order valence-corrected chi connectivity index (χ0v) is 26.7. The van der Waals surface area contributed by atoms with Crippen LogP contribution < -0.4 is 4.94 Å². The van der Waals surface area contributed by atoms with Gasteiger partial charge in [0, 0.05) is 65.7 Å². The molecule has 0 saturated heterocycles. The van der Waals surface area contributed by atoms with E-state index in [0.29, 0.717) is 12.1 Å². The molecular weight excluding hydrogens is 912 g/mol. The fraction of sp³-hybridized carbons (Fsp3) is 0.136. The zero-order valence-electron chi connectivity index (χ0n) is 18.4. The first-order valence-electron chi connectivity index (χ1n) is 8.52. The summed E-state index contributed by atoms with van der Waals surface area (Å²) in [6.07, 6.45) is 3.09. The van der Waals surface area contributed by atoms with Gasteiger partial charge in [0.05, 0.1) is 5.56 Å². The molecule has 3 aromatic rings. The fourth-order valence-corrected chi connectivity index (χ4v) is 2.10. The summed E-state index contributed by atoms with van der Waals surface area (Å²) in [5.41, 5.74) is -0.288. The molecule has 0 fully saturated rings. The maximum atomic E-state index is 13.3. The van der Waals surface area contributed by atoms with E-state index in [4.69, 9.17) is 5.26 Å². The quantitative estimate of drug-likeness (QED) is 0.220. The minimum Gasteiger partial charge on any atom is -0.358 e. The molecule has 0 amide bonds. The second kappa shape index (κ2) is 18.8. The molecule has 0 atom stereocenters. The third kappa shape index (κ3) is 10.4. The maximum Gasteiger partial charge on any atom is 2.00 e. The van der Waals surface area contributed by atoms with E-state index in [1.165, 1.54) is 6.07 Å². The number of alkyl halides is 1. The normalized spacial score (nSPS) is 8.71. The van der Waals surface area contributed by atoms with Crippen molar-refractivity contribution in [3.05, 3.63) is 91.0 Å². The van der Waals surface area contributed by atoms with Crippen LogP contribution in [0, 0.1) is 118 Å². The molecular formula is C22H19F6N3OU2. The number of benzene rings is 2. The molecule has 0 spiro atoms. The van der Waals surface area contributed by atoms with Crippen molar-refractivity contribution in [3.8, 4) is 23.2 Å². The third-order valence-electron chi connectivity index (χ3n) is 3.53. The Morgan fingerprint density at radius 2 is 1.38 bits per heavy atom. The van der Waals surface area contributed by atoms with Crippen LogP contribution in [-0.4, -0.2) is 9.97 Å². The molecule has 1 heterocycles. The zero-order chi connectivity index (χ0) is 23.6. The average Bonchev–Trinajstić information content (AvgIpc) is 2.75. The molecule has 1 aromatic heterocycles. The van der Waals surface area contributed by atoms with E-state index in [2.05, 4.69) is 21.8 Å². The molecule has 34 heavy (non-hydrogen) atoms. The van der Waals surface area contributed by atoms with Crippen molar-refractivity contribution in [1.82, 2.24) is 9.97 Å². The molecule has 0 aliphatic rings. The number of hydrogen-bond acceptors (Lipinski definition) is 4. The molecule has 0 bridgehead atoms. The number of hydrogen-bond donors (Lipinski definition) is 0. The number of aryl methyl sites for hydroxylation is 1. The van der Waals surface area contributed by atoms with E-state index in [1.54, 1.807) is 26.2 Å². The maximum absolute atomic E-state index is 13.3. The van der Waals surface area contributed by atoms with E-state index in [9.17, 15) is 26.5 Å². The first kappa shape index (κ1) is 37.1. The van der Waals surface area contributed by atoms with Crippen molar-refractivity contribution in [2.45, 2.75) is 20.5 Å². The van der Waals surface area contributed by atoms with Crippen LogP contribution in [0.5, 0.6) is 5.75 Å². The van der Waals surface area contributed by atoms with Crippen LogP contribution in [0.4, 0.5) is 26.5 Å². The Bertz CT molecular complexity index is 1020. The Morgan fingerprint density at radius 1 is 0.941 bits per heavy atom. The summed E-state index contributed by atoms with van der Waals surface area (Å²) in [4.78, 5) is 11.0. The third-order valence-corrected chi connectivity index (χ3v) is 3.53. The second-order valence-corrected chi connectivity index (χ2v) is 5.59. The molecule has 12 heteroatoms. The van der Waals surface area contributed by atoms with Crippen molar-refractivity contribution in [3.63, 3.8) is 0 Å².